The summed E-state index contributed by atoms with van der Waals surface area (Å²) in [6.07, 6.45) is 0.967. The largest absolute Gasteiger partial charge is 0.345 e. The van der Waals surface area contributed by atoms with Gasteiger partial charge in [0.25, 0.3) is 0 Å². The first-order valence-corrected chi connectivity index (χ1v) is 14.2. The van der Waals surface area contributed by atoms with Crippen molar-refractivity contribution in [2.24, 2.45) is 5.92 Å². The second-order valence-electron chi connectivity index (χ2n) is 8.96. The van der Waals surface area contributed by atoms with Gasteiger partial charge in [-0.3, -0.25) is 4.79 Å². The van der Waals surface area contributed by atoms with E-state index in [9.17, 15) is 17.6 Å². The van der Waals surface area contributed by atoms with E-state index in [2.05, 4.69) is 4.90 Å². The van der Waals surface area contributed by atoms with Gasteiger partial charge in [-0.15, -0.1) is 0 Å². The fourth-order valence-electron chi connectivity index (χ4n) is 4.70. The van der Waals surface area contributed by atoms with E-state index in [-0.39, 0.29) is 29.8 Å². The summed E-state index contributed by atoms with van der Waals surface area (Å²) in [6, 6.07) is 8.74. The molecule has 0 spiro atoms. The normalized spacial score (nSPS) is 18.4. The minimum absolute atomic E-state index is 0.0760. The van der Waals surface area contributed by atoms with E-state index in [0.29, 0.717) is 44.0 Å². The molecule has 0 unspecified atom stereocenters. The van der Waals surface area contributed by atoms with Crippen molar-refractivity contribution in [2.75, 3.05) is 44.2 Å². The molecule has 35 heavy (non-hydrogen) atoms. The fourth-order valence-corrected chi connectivity index (χ4v) is 7.40. The van der Waals surface area contributed by atoms with Gasteiger partial charge in [-0.2, -0.15) is 4.31 Å². The summed E-state index contributed by atoms with van der Waals surface area (Å²) in [5, 5.41) is 1.65. The standard InChI is InChI=1S/C24H26ClFN4O3S2/c1-16-20(25)6-7-21-22(16)27-24(34-21)29-14-12-28(13-15-29)23(31)17-8-10-30(11-9-17)35(32,33)19-4-2-18(26)3-5-19/h2-7,17H,8-15H2,1H3. The van der Waals surface area contributed by atoms with E-state index in [4.69, 9.17) is 16.6 Å². The maximum absolute atomic E-state index is 13.2. The Morgan fingerprint density at radius 3 is 2.34 bits per heavy atom. The highest BCUT2D eigenvalue weighted by molar-refractivity contribution is 7.89. The molecule has 186 valence electrons. The Morgan fingerprint density at radius 1 is 1.03 bits per heavy atom. The molecule has 0 radical (unpaired) electrons. The molecule has 2 aliphatic rings. The van der Waals surface area contributed by atoms with Gasteiger partial charge in [-0.05, 0) is 61.7 Å². The van der Waals surface area contributed by atoms with Crippen LogP contribution in [-0.4, -0.2) is 67.8 Å². The Bertz CT molecular complexity index is 1350. The average Bonchev–Trinajstić information content (AvgIpc) is 3.31. The summed E-state index contributed by atoms with van der Waals surface area (Å²) >= 11 is 7.87. The summed E-state index contributed by atoms with van der Waals surface area (Å²) in [4.78, 5) is 22.1. The van der Waals surface area contributed by atoms with Gasteiger partial charge in [0.15, 0.2) is 5.13 Å². The van der Waals surface area contributed by atoms with Gasteiger partial charge >= 0.3 is 0 Å². The molecule has 0 bridgehead atoms. The number of aromatic nitrogens is 1. The number of carbonyl (C=O) groups is 1. The monoisotopic (exact) mass is 536 g/mol. The minimum Gasteiger partial charge on any atom is -0.345 e. The lowest BCUT2D eigenvalue weighted by molar-refractivity contribution is -0.137. The number of benzene rings is 2. The number of nitrogens with zero attached hydrogens (tertiary/aromatic N) is 4. The molecule has 2 aliphatic heterocycles. The molecular weight excluding hydrogens is 511 g/mol. The first-order chi connectivity index (χ1) is 16.7. The molecule has 11 heteroatoms. The van der Waals surface area contributed by atoms with Crippen LogP contribution in [0.1, 0.15) is 18.4 Å². The maximum Gasteiger partial charge on any atom is 0.243 e. The van der Waals surface area contributed by atoms with Crippen LogP contribution in [0.15, 0.2) is 41.3 Å². The fraction of sp³-hybridized carbons (Fsp3) is 0.417. The number of hydrogen-bond donors (Lipinski definition) is 0. The lowest BCUT2D eigenvalue weighted by Crippen LogP contribution is -2.52. The summed E-state index contributed by atoms with van der Waals surface area (Å²) in [6.45, 7) is 5.17. The van der Waals surface area contributed by atoms with Crippen molar-refractivity contribution in [1.29, 1.82) is 0 Å². The molecule has 0 saturated carbocycles. The summed E-state index contributed by atoms with van der Waals surface area (Å²) < 4.78 is 41.3. The van der Waals surface area contributed by atoms with E-state index in [1.165, 1.54) is 16.4 Å². The second-order valence-corrected chi connectivity index (χ2v) is 12.3. The lowest BCUT2D eigenvalue weighted by atomic mass is 9.96. The van der Waals surface area contributed by atoms with Crippen LogP contribution in [0, 0.1) is 18.7 Å². The zero-order valence-electron chi connectivity index (χ0n) is 19.3. The van der Waals surface area contributed by atoms with E-state index in [1.54, 1.807) is 11.3 Å². The van der Waals surface area contributed by atoms with Crippen molar-refractivity contribution < 1.29 is 17.6 Å². The molecule has 0 atom stereocenters. The van der Waals surface area contributed by atoms with Crippen LogP contribution in [0.5, 0.6) is 0 Å². The number of aryl methyl sites for hydroxylation is 1. The molecule has 2 saturated heterocycles. The van der Waals surface area contributed by atoms with Crippen LogP contribution in [0.2, 0.25) is 5.02 Å². The third kappa shape index (κ3) is 4.76. The van der Waals surface area contributed by atoms with Crippen LogP contribution in [0.3, 0.4) is 0 Å². The molecule has 1 aromatic heterocycles. The number of carbonyl (C=O) groups excluding carboxylic acids is 1. The van der Waals surface area contributed by atoms with Crippen molar-refractivity contribution in [3.63, 3.8) is 0 Å². The van der Waals surface area contributed by atoms with Crippen LogP contribution in [0.4, 0.5) is 9.52 Å². The molecule has 5 rings (SSSR count). The van der Waals surface area contributed by atoms with Crippen molar-refractivity contribution in [1.82, 2.24) is 14.2 Å². The average molecular weight is 537 g/mol. The van der Waals surface area contributed by atoms with Gasteiger partial charge in [-0.25, -0.2) is 17.8 Å². The molecule has 7 nitrogen and oxygen atoms in total. The van der Waals surface area contributed by atoms with Crippen molar-refractivity contribution in [3.8, 4) is 0 Å². The van der Waals surface area contributed by atoms with Gasteiger partial charge in [-0.1, -0.05) is 22.9 Å². The molecule has 1 amide bonds. The number of fused-ring (bicyclic) bond motifs is 1. The smallest absolute Gasteiger partial charge is 0.243 e. The number of hydrogen-bond acceptors (Lipinski definition) is 6. The summed E-state index contributed by atoms with van der Waals surface area (Å²) in [5.41, 5.74) is 1.91. The van der Waals surface area contributed by atoms with E-state index < -0.39 is 15.8 Å². The van der Waals surface area contributed by atoms with E-state index in [1.807, 2.05) is 24.0 Å². The molecule has 2 fully saturated rings. The molecule has 0 aliphatic carbocycles. The Kier molecular flexibility index (Phi) is 6.73. The first-order valence-electron chi connectivity index (χ1n) is 11.6. The number of thiazole rings is 1. The Morgan fingerprint density at radius 2 is 1.69 bits per heavy atom. The molecule has 2 aromatic carbocycles. The van der Waals surface area contributed by atoms with Crippen LogP contribution < -0.4 is 4.90 Å². The van der Waals surface area contributed by atoms with Gasteiger partial charge in [0.2, 0.25) is 15.9 Å². The van der Waals surface area contributed by atoms with Gasteiger partial charge in [0, 0.05) is 50.2 Å². The summed E-state index contributed by atoms with van der Waals surface area (Å²) in [5.74, 6) is -0.570. The third-order valence-electron chi connectivity index (χ3n) is 6.85. The molecule has 3 aromatic rings. The van der Waals surface area contributed by atoms with Gasteiger partial charge in [0.1, 0.15) is 5.82 Å². The second kappa shape index (κ2) is 9.65. The predicted octanol–water partition coefficient (Wildman–Crippen LogP) is 4.15. The van der Waals surface area contributed by atoms with E-state index in [0.717, 1.165) is 33.0 Å². The zero-order valence-corrected chi connectivity index (χ0v) is 21.7. The van der Waals surface area contributed by atoms with Crippen LogP contribution in [0.25, 0.3) is 10.2 Å². The van der Waals surface area contributed by atoms with Crippen LogP contribution >= 0.6 is 22.9 Å². The SMILES string of the molecule is Cc1c(Cl)ccc2sc(N3CCN(C(=O)C4CCN(S(=O)(=O)c5ccc(F)cc5)CC4)CC3)nc12. The van der Waals surface area contributed by atoms with E-state index >= 15 is 0 Å². The number of sulfonamides is 1. The van der Waals surface area contributed by atoms with Crippen LogP contribution in [-0.2, 0) is 14.8 Å². The predicted molar refractivity (Wildman–Crippen MR) is 136 cm³/mol. The number of amides is 1. The van der Waals surface area contributed by atoms with Gasteiger partial charge < -0.3 is 9.80 Å². The third-order valence-corrected chi connectivity index (χ3v) is 10.3. The van der Waals surface area contributed by atoms with Gasteiger partial charge in [0.05, 0.1) is 15.1 Å². The Balaban J connectivity index is 1.17. The van der Waals surface area contributed by atoms with Crippen molar-refractivity contribution in [3.05, 3.63) is 52.8 Å². The first kappa shape index (κ1) is 24.4. The zero-order chi connectivity index (χ0) is 24.7. The number of halogens is 2. The molecule has 3 heterocycles. The number of piperazine rings is 1. The Hall–Kier alpha value is -2.27. The lowest BCUT2D eigenvalue weighted by Gasteiger charge is -2.38. The van der Waals surface area contributed by atoms with Crippen molar-refractivity contribution in [2.45, 2.75) is 24.7 Å². The highest BCUT2D eigenvalue weighted by atomic mass is 35.5. The number of rotatable bonds is 4. The Labute approximate surface area is 213 Å². The number of anilines is 1. The topological polar surface area (TPSA) is 73.8 Å². The minimum atomic E-state index is -3.69. The molecule has 0 N–H and O–H groups in total. The number of piperidine rings is 1. The quantitative estimate of drug-likeness (QED) is 0.501. The maximum atomic E-state index is 13.2. The highest BCUT2D eigenvalue weighted by Gasteiger charge is 2.35. The highest BCUT2D eigenvalue weighted by Crippen LogP contribution is 2.34. The summed E-state index contributed by atoms with van der Waals surface area (Å²) in [7, 11) is -3.69. The van der Waals surface area contributed by atoms with Crippen molar-refractivity contribution >= 4 is 54.2 Å². The molecular formula is C24H26ClFN4O3S2.